The molecule has 0 aliphatic rings. The predicted octanol–water partition coefficient (Wildman–Crippen LogP) is 2.64. The summed E-state index contributed by atoms with van der Waals surface area (Å²) in [4.78, 5) is 22.2. The minimum Gasteiger partial charge on any atom is -0.478 e. The third-order valence-electron chi connectivity index (χ3n) is 2.10. The molecule has 1 rings (SSSR count). The summed E-state index contributed by atoms with van der Waals surface area (Å²) < 4.78 is 0. The summed E-state index contributed by atoms with van der Waals surface area (Å²) in [6.45, 7) is 1.70. The molecule has 80 valence electrons. The Balaban J connectivity index is 3.13. The summed E-state index contributed by atoms with van der Waals surface area (Å²) in [6, 6.07) is 6.28. The third kappa shape index (κ3) is 2.57. The summed E-state index contributed by atoms with van der Waals surface area (Å²) in [5.41, 5.74) is 0.442. The van der Waals surface area contributed by atoms with Crippen LogP contribution in [0.25, 0.3) is 0 Å². The van der Waals surface area contributed by atoms with Gasteiger partial charge in [-0.05, 0) is 11.6 Å². The molecule has 0 spiro atoms. The molecule has 0 fully saturated rings. The Hall–Kier alpha value is -1.35. The van der Waals surface area contributed by atoms with Crippen molar-refractivity contribution in [2.45, 2.75) is 18.7 Å². The standard InChI is InChI=1S/C11H11ClO3/c1-2-9(13)10(12)7-5-3-4-6-8(7)11(14)15/h3-6,10H,2H2,1H3,(H,14,15). The Morgan fingerprint density at radius 1 is 1.40 bits per heavy atom. The molecule has 1 N–H and O–H groups in total. The highest BCUT2D eigenvalue weighted by molar-refractivity contribution is 6.31. The van der Waals surface area contributed by atoms with Crippen LogP contribution in [0.2, 0.25) is 0 Å². The Morgan fingerprint density at radius 3 is 2.53 bits per heavy atom. The number of carboxylic acid groups (broad SMARTS) is 1. The van der Waals surface area contributed by atoms with Gasteiger partial charge in [-0.15, -0.1) is 11.6 Å². The van der Waals surface area contributed by atoms with Gasteiger partial charge in [0.15, 0.2) is 5.78 Å². The van der Waals surface area contributed by atoms with Crippen molar-refractivity contribution in [3.63, 3.8) is 0 Å². The number of aromatic carboxylic acids is 1. The number of halogens is 1. The molecular weight excluding hydrogens is 216 g/mol. The van der Waals surface area contributed by atoms with Crippen LogP contribution in [-0.4, -0.2) is 16.9 Å². The Labute approximate surface area is 92.7 Å². The fraction of sp³-hybridized carbons (Fsp3) is 0.273. The minimum absolute atomic E-state index is 0.0827. The molecule has 0 saturated carbocycles. The van der Waals surface area contributed by atoms with Gasteiger partial charge in [-0.2, -0.15) is 0 Å². The molecule has 3 nitrogen and oxygen atoms in total. The van der Waals surface area contributed by atoms with E-state index in [1.54, 1.807) is 25.1 Å². The number of alkyl halides is 1. The first-order valence-electron chi connectivity index (χ1n) is 4.57. The fourth-order valence-corrected chi connectivity index (χ4v) is 1.61. The monoisotopic (exact) mass is 226 g/mol. The summed E-state index contributed by atoms with van der Waals surface area (Å²) in [5, 5.41) is 8.03. The van der Waals surface area contributed by atoms with Crippen LogP contribution in [0.15, 0.2) is 24.3 Å². The smallest absolute Gasteiger partial charge is 0.336 e. The highest BCUT2D eigenvalue weighted by Gasteiger charge is 2.21. The van der Waals surface area contributed by atoms with Crippen LogP contribution in [0.3, 0.4) is 0 Å². The normalized spacial score (nSPS) is 12.1. The maximum Gasteiger partial charge on any atom is 0.336 e. The van der Waals surface area contributed by atoms with Crippen LogP contribution in [0.1, 0.15) is 34.6 Å². The van der Waals surface area contributed by atoms with Crippen LogP contribution in [0, 0.1) is 0 Å². The van der Waals surface area contributed by atoms with Gasteiger partial charge in [0, 0.05) is 6.42 Å². The lowest BCUT2D eigenvalue weighted by molar-refractivity contribution is -0.118. The minimum atomic E-state index is -1.07. The van der Waals surface area contributed by atoms with Crippen LogP contribution >= 0.6 is 11.6 Å². The molecule has 15 heavy (non-hydrogen) atoms. The molecule has 0 radical (unpaired) electrons. The lowest BCUT2D eigenvalue weighted by Gasteiger charge is -2.10. The molecule has 0 heterocycles. The van der Waals surface area contributed by atoms with Crippen molar-refractivity contribution in [3.05, 3.63) is 35.4 Å². The van der Waals surface area contributed by atoms with Crippen molar-refractivity contribution < 1.29 is 14.7 Å². The molecule has 0 amide bonds. The maximum absolute atomic E-state index is 11.4. The van der Waals surface area contributed by atoms with Crippen LogP contribution in [0.5, 0.6) is 0 Å². The van der Waals surface area contributed by atoms with E-state index in [0.29, 0.717) is 12.0 Å². The highest BCUT2D eigenvalue weighted by Crippen LogP contribution is 2.25. The van der Waals surface area contributed by atoms with Crippen LogP contribution in [0.4, 0.5) is 0 Å². The maximum atomic E-state index is 11.4. The molecule has 4 heteroatoms. The number of hydrogen-bond acceptors (Lipinski definition) is 2. The topological polar surface area (TPSA) is 54.4 Å². The number of carbonyl (C=O) groups excluding carboxylic acids is 1. The number of rotatable bonds is 4. The predicted molar refractivity (Wildman–Crippen MR) is 57.3 cm³/mol. The zero-order valence-corrected chi connectivity index (χ0v) is 8.99. The molecule has 0 aliphatic carbocycles. The van der Waals surface area contributed by atoms with Crippen LogP contribution in [-0.2, 0) is 4.79 Å². The average molecular weight is 227 g/mol. The van der Waals surface area contributed by atoms with Crippen molar-refractivity contribution in [2.75, 3.05) is 0 Å². The molecule has 0 aliphatic heterocycles. The molecule has 0 aromatic heterocycles. The highest BCUT2D eigenvalue weighted by atomic mass is 35.5. The van der Waals surface area contributed by atoms with E-state index in [1.807, 2.05) is 0 Å². The molecule has 0 bridgehead atoms. The van der Waals surface area contributed by atoms with E-state index in [0.717, 1.165) is 0 Å². The van der Waals surface area contributed by atoms with Gasteiger partial charge < -0.3 is 5.11 Å². The zero-order valence-electron chi connectivity index (χ0n) is 8.24. The van der Waals surface area contributed by atoms with E-state index in [9.17, 15) is 9.59 Å². The number of carbonyl (C=O) groups is 2. The number of Topliss-reactive ketones (excluding diaryl/α,β-unsaturated/α-hetero) is 1. The van der Waals surface area contributed by atoms with Crippen molar-refractivity contribution in [3.8, 4) is 0 Å². The van der Waals surface area contributed by atoms with E-state index in [-0.39, 0.29) is 11.3 Å². The first kappa shape index (κ1) is 11.7. The van der Waals surface area contributed by atoms with Gasteiger partial charge in [0.05, 0.1) is 5.56 Å². The van der Waals surface area contributed by atoms with E-state index in [2.05, 4.69) is 0 Å². The van der Waals surface area contributed by atoms with Gasteiger partial charge in [0.25, 0.3) is 0 Å². The summed E-state index contributed by atoms with van der Waals surface area (Å²) in [6.07, 6.45) is 0.294. The molecule has 1 atom stereocenters. The first-order chi connectivity index (χ1) is 7.07. The van der Waals surface area contributed by atoms with Crippen molar-refractivity contribution in [1.29, 1.82) is 0 Å². The number of hydrogen-bond donors (Lipinski definition) is 1. The number of benzene rings is 1. The Morgan fingerprint density at radius 2 is 2.00 bits per heavy atom. The lowest BCUT2D eigenvalue weighted by atomic mass is 10.0. The van der Waals surface area contributed by atoms with E-state index < -0.39 is 11.3 Å². The quantitative estimate of drug-likeness (QED) is 0.803. The fourth-order valence-electron chi connectivity index (χ4n) is 1.27. The Kier molecular flexibility index (Phi) is 3.86. The SMILES string of the molecule is CCC(=O)C(Cl)c1ccccc1C(=O)O. The zero-order chi connectivity index (χ0) is 11.4. The second kappa shape index (κ2) is 4.94. The molecule has 1 aromatic carbocycles. The molecular formula is C11H11ClO3. The Bertz CT molecular complexity index is 387. The second-order valence-electron chi connectivity index (χ2n) is 3.07. The van der Waals surface area contributed by atoms with Gasteiger partial charge in [0.2, 0.25) is 0 Å². The number of carboxylic acids is 1. The van der Waals surface area contributed by atoms with E-state index in [4.69, 9.17) is 16.7 Å². The molecule has 0 saturated heterocycles. The van der Waals surface area contributed by atoms with Gasteiger partial charge in [0.1, 0.15) is 5.38 Å². The summed E-state index contributed by atoms with van der Waals surface area (Å²) in [7, 11) is 0. The first-order valence-corrected chi connectivity index (χ1v) is 5.00. The largest absolute Gasteiger partial charge is 0.478 e. The summed E-state index contributed by atoms with van der Waals surface area (Å²) in [5.74, 6) is -1.24. The summed E-state index contributed by atoms with van der Waals surface area (Å²) >= 11 is 5.89. The lowest BCUT2D eigenvalue weighted by Crippen LogP contribution is -2.10. The number of ketones is 1. The molecule has 1 unspecified atom stereocenters. The van der Waals surface area contributed by atoms with E-state index >= 15 is 0 Å². The van der Waals surface area contributed by atoms with Crippen molar-refractivity contribution in [2.24, 2.45) is 0 Å². The van der Waals surface area contributed by atoms with Gasteiger partial charge in [-0.25, -0.2) is 4.79 Å². The van der Waals surface area contributed by atoms with Gasteiger partial charge in [-0.3, -0.25) is 4.79 Å². The van der Waals surface area contributed by atoms with Crippen molar-refractivity contribution in [1.82, 2.24) is 0 Å². The van der Waals surface area contributed by atoms with Gasteiger partial charge >= 0.3 is 5.97 Å². The third-order valence-corrected chi connectivity index (χ3v) is 2.57. The van der Waals surface area contributed by atoms with Crippen molar-refractivity contribution >= 4 is 23.4 Å². The van der Waals surface area contributed by atoms with Crippen LogP contribution < -0.4 is 0 Å². The van der Waals surface area contributed by atoms with E-state index in [1.165, 1.54) is 6.07 Å². The second-order valence-corrected chi connectivity index (χ2v) is 3.51. The van der Waals surface area contributed by atoms with Gasteiger partial charge in [-0.1, -0.05) is 25.1 Å². The molecule has 1 aromatic rings. The average Bonchev–Trinajstić information content (AvgIpc) is 2.27.